The minimum atomic E-state index is 0.657. The Morgan fingerprint density at radius 2 is 0.880 bits per heavy atom. The SMILES string of the molecule is Cc1ccc(-c2cccc(-c3nc(C4=CC=C(c5c(-c6ccccc6)cccc5-c5ccccc5)CC4)nc(-c4ccccc4)n3)c2)c(C)n1. The average Bonchev–Trinajstić information content (AvgIpc) is 3.18. The third kappa shape index (κ3) is 6.31. The largest absolute Gasteiger partial charge is 0.258 e. The van der Waals surface area contributed by atoms with E-state index in [-0.39, 0.29) is 0 Å². The second-order valence-electron chi connectivity index (χ2n) is 12.7. The summed E-state index contributed by atoms with van der Waals surface area (Å²) in [5.74, 6) is 2.04. The third-order valence-corrected chi connectivity index (χ3v) is 9.32. The van der Waals surface area contributed by atoms with Gasteiger partial charge in [0.05, 0.1) is 0 Å². The average molecular weight is 645 g/mol. The first kappa shape index (κ1) is 31.0. The molecule has 0 N–H and O–H groups in total. The van der Waals surface area contributed by atoms with Crippen LogP contribution in [0.3, 0.4) is 0 Å². The Labute approximate surface area is 293 Å². The molecule has 0 aliphatic heterocycles. The highest BCUT2D eigenvalue weighted by Gasteiger charge is 2.21. The van der Waals surface area contributed by atoms with E-state index in [9.17, 15) is 0 Å². The third-order valence-electron chi connectivity index (χ3n) is 9.32. The molecular weight excluding hydrogens is 609 g/mol. The van der Waals surface area contributed by atoms with Crippen molar-refractivity contribution < 1.29 is 0 Å². The zero-order chi connectivity index (χ0) is 33.9. The molecule has 50 heavy (non-hydrogen) atoms. The first-order valence-electron chi connectivity index (χ1n) is 17.1. The predicted octanol–water partition coefficient (Wildman–Crippen LogP) is 11.5. The van der Waals surface area contributed by atoms with Crippen LogP contribution in [0.4, 0.5) is 0 Å². The molecule has 5 aromatic carbocycles. The van der Waals surface area contributed by atoms with Crippen LogP contribution in [-0.2, 0) is 0 Å². The maximum absolute atomic E-state index is 5.12. The van der Waals surface area contributed by atoms with Gasteiger partial charge in [-0.15, -0.1) is 0 Å². The van der Waals surface area contributed by atoms with E-state index >= 15 is 0 Å². The van der Waals surface area contributed by atoms with Gasteiger partial charge in [0, 0.05) is 28.1 Å². The summed E-state index contributed by atoms with van der Waals surface area (Å²) in [6.45, 7) is 4.08. The van der Waals surface area contributed by atoms with Gasteiger partial charge in [0.25, 0.3) is 0 Å². The number of aryl methyl sites for hydroxylation is 2. The highest BCUT2D eigenvalue weighted by Crippen LogP contribution is 2.41. The number of pyridine rings is 1. The number of rotatable bonds is 7. The summed E-state index contributed by atoms with van der Waals surface area (Å²) in [6.07, 6.45) is 6.16. The summed E-state index contributed by atoms with van der Waals surface area (Å²) in [5.41, 5.74) is 14.7. The molecule has 0 spiro atoms. The Kier molecular flexibility index (Phi) is 8.50. The topological polar surface area (TPSA) is 51.6 Å². The summed E-state index contributed by atoms with van der Waals surface area (Å²) >= 11 is 0. The fourth-order valence-electron chi connectivity index (χ4n) is 6.83. The van der Waals surface area contributed by atoms with E-state index in [0.29, 0.717) is 17.5 Å². The highest BCUT2D eigenvalue weighted by atomic mass is 15.0. The van der Waals surface area contributed by atoms with Crippen LogP contribution in [0, 0.1) is 13.8 Å². The Morgan fingerprint density at radius 1 is 0.380 bits per heavy atom. The van der Waals surface area contributed by atoms with Crippen molar-refractivity contribution >= 4 is 11.1 Å². The van der Waals surface area contributed by atoms with Crippen molar-refractivity contribution in [3.05, 3.63) is 181 Å². The van der Waals surface area contributed by atoms with Crippen molar-refractivity contribution in [1.29, 1.82) is 0 Å². The molecule has 0 radical (unpaired) electrons. The van der Waals surface area contributed by atoms with Crippen LogP contribution in [0.5, 0.6) is 0 Å². The standard InChI is InChI=1S/C46H36N4/c1-31-24-29-40(32(2)47-31)38-20-12-21-39(30-38)46-49-44(36-18-10-5-11-19-36)48-45(50-46)37-27-25-35(26-28-37)43-41(33-14-6-3-7-15-33)22-13-23-42(43)34-16-8-4-9-17-34/h3-25,27,29-30H,26,28H2,1-2H3. The van der Waals surface area contributed by atoms with Gasteiger partial charge < -0.3 is 0 Å². The molecule has 4 nitrogen and oxygen atoms in total. The van der Waals surface area contributed by atoms with Crippen molar-refractivity contribution in [3.8, 4) is 56.2 Å². The minimum Gasteiger partial charge on any atom is -0.258 e. The normalized spacial score (nSPS) is 12.7. The lowest BCUT2D eigenvalue weighted by atomic mass is 9.83. The van der Waals surface area contributed by atoms with Crippen molar-refractivity contribution in [2.75, 3.05) is 0 Å². The summed E-state index contributed by atoms with van der Waals surface area (Å²) in [5, 5.41) is 0. The van der Waals surface area contributed by atoms with Gasteiger partial charge >= 0.3 is 0 Å². The number of hydrogen-bond donors (Lipinski definition) is 0. The van der Waals surface area contributed by atoms with E-state index in [1.54, 1.807) is 0 Å². The molecule has 0 saturated heterocycles. The number of nitrogens with zero attached hydrogens (tertiary/aromatic N) is 4. The number of hydrogen-bond acceptors (Lipinski definition) is 4. The second-order valence-corrected chi connectivity index (χ2v) is 12.7. The van der Waals surface area contributed by atoms with Crippen LogP contribution in [0.25, 0.3) is 67.3 Å². The quantitative estimate of drug-likeness (QED) is 0.173. The summed E-state index contributed by atoms with van der Waals surface area (Å²) in [4.78, 5) is 19.9. The van der Waals surface area contributed by atoms with E-state index in [1.165, 1.54) is 33.4 Å². The number of allylic oxidation sites excluding steroid dienone is 4. The van der Waals surface area contributed by atoms with Gasteiger partial charge in [-0.2, -0.15) is 0 Å². The summed E-state index contributed by atoms with van der Waals surface area (Å²) in [7, 11) is 0. The smallest absolute Gasteiger partial charge is 0.164 e. The maximum atomic E-state index is 5.12. The van der Waals surface area contributed by atoms with Crippen LogP contribution in [-0.4, -0.2) is 19.9 Å². The lowest BCUT2D eigenvalue weighted by Gasteiger charge is -2.21. The highest BCUT2D eigenvalue weighted by molar-refractivity contribution is 5.93. The maximum Gasteiger partial charge on any atom is 0.164 e. The molecule has 2 heterocycles. The van der Waals surface area contributed by atoms with Crippen molar-refractivity contribution in [2.24, 2.45) is 0 Å². The lowest BCUT2D eigenvalue weighted by molar-refractivity contribution is 0.985. The molecule has 0 fully saturated rings. The first-order chi connectivity index (χ1) is 24.6. The van der Waals surface area contributed by atoms with Crippen molar-refractivity contribution in [1.82, 2.24) is 19.9 Å². The molecule has 1 aliphatic rings. The molecule has 0 atom stereocenters. The lowest BCUT2D eigenvalue weighted by Crippen LogP contribution is -2.05. The minimum absolute atomic E-state index is 0.657. The number of benzene rings is 5. The molecule has 240 valence electrons. The van der Waals surface area contributed by atoms with Gasteiger partial charge in [-0.25, -0.2) is 15.0 Å². The number of aromatic nitrogens is 4. The molecule has 7 aromatic rings. The van der Waals surface area contributed by atoms with Gasteiger partial charge in [-0.1, -0.05) is 146 Å². The molecule has 8 rings (SSSR count). The fourth-order valence-corrected chi connectivity index (χ4v) is 6.83. The van der Waals surface area contributed by atoms with Gasteiger partial charge in [-0.3, -0.25) is 4.98 Å². The van der Waals surface area contributed by atoms with Gasteiger partial charge in [0.15, 0.2) is 17.5 Å². The van der Waals surface area contributed by atoms with E-state index in [2.05, 4.69) is 146 Å². The van der Waals surface area contributed by atoms with E-state index < -0.39 is 0 Å². The van der Waals surface area contributed by atoms with Gasteiger partial charge in [-0.05, 0) is 83.3 Å². The van der Waals surface area contributed by atoms with Crippen molar-refractivity contribution in [3.63, 3.8) is 0 Å². The van der Waals surface area contributed by atoms with Gasteiger partial charge in [0.2, 0.25) is 0 Å². The zero-order valence-electron chi connectivity index (χ0n) is 28.2. The van der Waals surface area contributed by atoms with Crippen LogP contribution < -0.4 is 0 Å². The molecule has 4 heteroatoms. The zero-order valence-corrected chi connectivity index (χ0v) is 28.2. The van der Waals surface area contributed by atoms with E-state index in [4.69, 9.17) is 19.9 Å². The Balaban J connectivity index is 1.23. The Bertz CT molecular complexity index is 2320. The monoisotopic (exact) mass is 644 g/mol. The molecule has 0 bridgehead atoms. The van der Waals surface area contributed by atoms with E-state index in [1.807, 2.05) is 25.1 Å². The van der Waals surface area contributed by atoms with E-state index in [0.717, 1.165) is 52.1 Å². The first-order valence-corrected chi connectivity index (χ1v) is 17.1. The molecule has 0 saturated carbocycles. The fraction of sp³-hybridized carbons (Fsp3) is 0.0870. The molecule has 0 unspecified atom stereocenters. The van der Waals surface area contributed by atoms with Crippen molar-refractivity contribution in [2.45, 2.75) is 26.7 Å². The van der Waals surface area contributed by atoms with Gasteiger partial charge in [0.1, 0.15) is 0 Å². The predicted molar refractivity (Wildman–Crippen MR) is 206 cm³/mol. The molecule has 0 amide bonds. The summed E-state index contributed by atoms with van der Waals surface area (Å²) in [6, 6.07) is 50.8. The van der Waals surface area contributed by atoms with Crippen LogP contribution in [0.2, 0.25) is 0 Å². The molecule has 2 aromatic heterocycles. The Morgan fingerprint density at radius 3 is 1.48 bits per heavy atom. The molecular formula is C46H36N4. The molecule has 1 aliphatic carbocycles. The second kappa shape index (κ2) is 13.7. The Hall–Kier alpha value is -6.26. The summed E-state index contributed by atoms with van der Waals surface area (Å²) < 4.78 is 0. The van der Waals surface area contributed by atoms with Crippen LogP contribution >= 0.6 is 0 Å². The van der Waals surface area contributed by atoms with Crippen LogP contribution in [0.1, 0.15) is 35.6 Å². The van der Waals surface area contributed by atoms with Crippen LogP contribution in [0.15, 0.2) is 158 Å².